The summed E-state index contributed by atoms with van der Waals surface area (Å²) in [6, 6.07) is 9.31. The third-order valence-electron chi connectivity index (χ3n) is 4.50. The molecule has 0 unspecified atom stereocenters. The van der Waals surface area contributed by atoms with Crippen LogP contribution in [0.5, 0.6) is 0 Å². The van der Waals surface area contributed by atoms with Gasteiger partial charge in [0.1, 0.15) is 11.6 Å². The van der Waals surface area contributed by atoms with Gasteiger partial charge in [-0.25, -0.2) is 0 Å². The number of rotatable bonds is 1. The van der Waals surface area contributed by atoms with Crippen molar-refractivity contribution in [3.05, 3.63) is 41.7 Å². The first-order valence-electron chi connectivity index (χ1n) is 8.17. The van der Waals surface area contributed by atoms with Gasteiger partial charge in [0.25, 0.3) is 5.91 Å². The molecule has 0 saturated heterocycles. The van der Waals surface area contributed by atoms with E-state index in [1.807, 2.05) is 69.6 Å². The quantitative estimate of drug-likeness (QED) is 0.722. The van der Waals surface area contributed by atoms with Crippen LogP contribution in [0.25, 0.3) is 0 Å². The highest BCUT2D eigenvalue weighted by Crippen LogP contribution is 2.44. The Morgan fingerprint density at radius 1 is 1.12 bits per heavy atom. The van der Waals surface area contributed by atoms with Crippen LogP contribution >= 0.6 is 11.6 Å². The van der Waals surface area contributed by atoms with Gasteiger partial charge in [0, 0.05) is 18.3 Å². The van der Waals surface area contributed by atoms with Gasteiger partial charge in [0.2, 0.25) is 5.91 Å². The van der Waals surface area contributed by atoms with Crippen molar-refractivity contribution in [2.24, 2.45) is 7.05 Å². The van der Waals surface area contributed by atoms with Gasteiger partial charge in [0.15, 0.2) is 0 Å². The third kappa shape index (κ3) is 2.63. The molecule has 0 fully saturated rings. The van der Waals surface area contributed by atoms with Crippen molar-refractivity contribution in [2.75, 3.05) is 15.7 Å². The van der Waals surface area contributed by atoms with Gasteiger partial charge in [-0.15, -0.1) is 11.6 Å². The van der Waals surface area contributed by atoms with Crippen LogP contribution in [0.15, 0.2) is 30.3 Å². The minimum Gasteiger partial charge on any atom is -0.342 e. The smallest absolute Gasteiger partial charge is 0.277 e. The molecule has 132 valence electrons. The Hall–Kier alpha value is -2.27. The minimum absolute atomic E-state index is 0.129. The van der Waals surface area contributed by atoms with Crippen LogP contribution in [0.2, 0.25) is 0 Å². The Morgan fingerprint density at radius 2 is 1.72 bits per heavy atom. The predicted octanol–water partition coefficient (Wildman–Crippen LogP) is 4.00. The van der Waals surface area contributed by atoms with Crippen molar-refractivity contribution < 1.29 is 9.59 Å². The van der Waals surface area contributed by atoms with Crippen molar-refractivity contribution in [3.63, 3.8) is 0 Å². The fraction of sp³-hybridized carbons (Fsp3) is 0.368. The fourth-order valence-electron chi connectivity index (χ4n) is 3.32. The Morgan fingerprint density at radius 3 is 2.28 bits per heavy atom. The van der Waals surface area contributed by atoms with Crippen molar-refractivity contribution in [3.8, 4) is 0 Å². The summed E-state index contributed by atoms with van der Waals surface area (Å²) in [7, 11) is 1.84. The lowest BCUT2D eigenvalue weighted by atomic mass is 10.0. The molecule has 2 aromatic rings. The van der Waals surface area contributed by atoms with E-state index >= 15 is 0 Å². The highest BCUT2D eigenvalue weighted by Gasteiger charge is 2.40. The van der Waals surface area contributed by atoms with Gasteiger partial charge < -0.3 is 4.57 Å². The maximum Gasteiger partial charge on any atom is 0.277 e. The molecule has 0 radical (unpaired) electrons. The fourth-order valence-corrected chi connectivity index (χ4v) is 3.44. The number of carbonyl (C=O) groups excluding carboxylic acids is 2. The molecule has 0 spiro atoms. The lowest BCUT2D eigenvalue weighted by molar-refractivity contribution is -0.115. The minimum atomic E-state index is -0.456. The van der Waals surface area contributed by atoms with Gasteiger partial charge in [-0.2, -0.15) is 0 Å². The topological polar surface area (TPSA) is 45.6 Å². The van der Waals surface area contributed by atoms with Crippen LogP contribution in [0.1, 0.15) is 37.0 Å². The summed E-state index contributed by atoms with van der Waals surface area (Å²) in [4.78, 5) is 29.5. The summed E-state index contributed by atoms with van der Waals surface area (Å²) in [6.07, 6.45) is 0. The first kappa shape index (κ1) is 17.5. The summed E-state index contributed by atoms with van der Waals surface area (Å²) in [5, 5.41) is 0. The summed E-state index contributed by atoms with van der Waals surface area (Å²) in [6.45, 7) is 7.86. The van der Waals surface area contributed by atoms with Crippen molar-refractivity contribution in [1.29, 1.82) is 0 Å². The number of carbonyl (C=O) groups is 2. The number of hydrogen-bond acceptors (Lipinski definition) is 2. The molecule has 3 rings (SSSR count). The molecule has 25 heavy (non-hydrogen) atoms. The monoisotopic (exact) mass is 359 g/mol. The van der Waals surface area contributed by atoms with Crippen LogP contribution in [-0.4, -0.2) is 27.8 Å². The molecule has 1 aromatic heterocycles. The number of benzene rings is 1. The first-order chi connectivity index (χ1) is 11.7. The molecule has 5 nitrogen and oxygen atoms in total. The molecular weight excluding hydrogens is 338 g/mol. The van der Waals surface area contributed by atoms with E-state index in [2.05, 4.69) is 0 Å². The predicted molar refractivity (Wildman–Crippen MR) is 101 cm³/mol. The third-order valence-corrected chi connectivity index (χ3v) is 4.73. The lowest BCUT2D eigenvalue weighted by Crippen LogP contribution is -2.46. The Kier molecular flexibility index (Phi) is 4.15. The zero-order valence-corrected chi connectivity index (χ0v) is 15.9. The second-order valence-corrected chi connectivity index (χ2v) is 7.51. The van der Waals surface area contributed by atoms with E-state index in [1.54, 1.807) is 9.80 Å². The average Bonchev–Trinajstić information content (AvgIpc) is 2.76. The normalized spacial score (nSPS) is 14.2. The number of aromatic nitrogens is 1. The molecule has 0 saturated carbocycles. The second-order valence-electron chi connectivity index (χ2n) is 7.24. The van der Waals surface area contributed by atoms with Gasteiger partial charge >= 0.3 is 0 Å². The zero-order chi connectivity index (χ0) is 18.5. The van der Waals surface area contributed by atoms with Gasteiger partial charge in [-0.05, 0) is 45.9 Å². The molecule has 2 heterocycles. The number of alkyl halides is 1. The van der Waals surface area contributed by atoms with Crippen LogP contribution in [0.4, 0.5) is 17.1 Å². The van der Waals surface area contributed by atoms with E-state index in [9.17, 15) is 9.59 Å². The van der Waals surface area contributed by atoms with Gasteiger partial charge in [-0.3, -0.25) is 19.4 Å². The van der Waals surface area contributed by atoms with Crippen LogP contribution in [0, 0.1) is 6.92 Å². The number of nitrogens with zero attached hydrogens (tertiary/aromatic N) is 3. The summed E-state index contributed by atoms with van der Waals surface area (Å²) in [5.41, 5.74) is 2.88. The molecule has 1 aromatic carbocycles. The van der Waals surface area contributed by atoms with Gasteiger partial charge in [0.05, 0.1) is 17.1 Å². The van der Waals surface area contributed by atoms with E-state index in [4.69, 9.17) is 11.6 Å². The SMILES string of the molecule is Cc1cc2c(n1C)C(=O)N(C(C)(C)C)c1ccccc1N2C(=O)CCl. The molecule has 0 atom stereocenters. The molecule has 1 aliphatic heterocycles. The number of para-hydroxylation sites is 2. The van der Waals surface area contributed by atoms with Crippen LogP contribution in [-0.2, 0) is 11.8 Å². The molecule has 1 aliphatic rings. The summed E-state index contributed by atoms with van der Waals surface area (Å²) >= 11 is 5.88. The van der Waals surface area contributed by atoms with E-state index in [-0.39, 0.29) is 17.7 Å². The Bertz CT molecular complexity index is 864. The van der Waals surface area contributed by atoms with Crippen molar-refractivity contribution in [1.82, 2.24) is 4.57 Å². The van der Waals surface area contributed by atoms with E-state index in [0.717, 1.165) is 5.69 Å². The molecule has 2 amide bonds. The summed E-state index contributed by atoms with van der Waals surface area (Å²) in [5.74, 6) is -0.550. The maximum atomic E-state index is 13.5. The average molecular weight is 360 g/mol. The zero-order valence-electron chi connectivity index (χ0n) is 15.1. The number of hydrogen-bond donors (Lipinski definition) is 0. The number of fused-ring (bicyclic) bond motifs is 2. The second kappa shape index (κ2) is 5.92. The maximum absolute atomic E-state index is 13.5. The Labute approximate surface area is 152 Å². The van der Waals surface area contributed by atoms with E-state index in [1.165, 1.54) is 0 Å². The first-order valence-corrected chi connectivity index (χ1v) is 8.70. The van der Waals surface area contributed by atoms with Crippen LogP contribution in [0.3, 0.4) is 0 Å². The van der Waals surface area contributed by atoms with Crippen molar-refractivity contribution in [2.45, 2.75) is 33.2 Å². The van der Waals surface area contributed by atoms with Gasteiger partial charge in [-0.1, -0.05) is 12.1 Å². The lowest BCUT2D eigenvalue weighted by Gasteiger charge is -2.36. The number of halogens is 1. The van der Waals surface area contributed by atoms with Crippen LogP contribution < -0.4 is 9.80 Å². The number of anilines is 3. The molecule has 6 heteroatoms. The molecule has 0 N–H and O–H groups in total. The highest BCUT2D eigenvalue weighted by molar-refractivity contribution is 6.31. The van der Waals surface area contributed by atoms with Crippen molar-refractivity contribution >= 4 is 40.5 Å². The number of amides is 2. The molecule has 0 aliphatic carbocycles. The van der Waals surface area contributed by atoms with E-state index < -0.39 is 5.54 Å². The Balaban J connectivity index is 2.42. The molecular formula is C19H22ClN3O2. The van der Waals surface area contributed by atoms with E-state index in [0.29, 0.717) is 22.8 Å². The number of aryl methyl sites for hydroxylation is 1. The largest absolute Gasteiger partial charge is 0.342 e. The summed E-state index contributed by atoms with van der Waals surface area (Å²) < 4.78 is 1.83. The standard InChI is InChI=1S/C19H22ClN3O2/c1-12-10-15-17(21(12)5)18(25)23(19(2,3)4)14-9-7-6-8-13(14)22(15)16(24)11-20/h6-10H,11H2,1-5H3. The highest BCUT2D eigenvalue weighted by atomic mass is 35.5. The molecule has 0 bridgehead atoms.